The topological polar surface area (TPSA) is 78.4 Å². The first-order valence-corrected chi connectivity index (χ1v) is 6.58. The molecular weight excluding hydrogens is 244 g/mol. The fourth-order valence-corrected chi connectivity index (χ4v) is 2.41. The van der Waals surface area contributed by atoms with Crippen LogP contribution in [0.2, 0.25) is 0 Å². The number of nitrogens with zero attached hydrogens (tertiary/aromatic N) is 3. The predicted molar refractivity (Wildman–Crippen MR) is 71.7 cm³/mol. The van der Waals surface area contributed by atoms with Crippen molar-refractivity contribution in [2.45, 2.75) is 31.3 Å². The number of hydrogen-bond acceptors (Lipinski definition) is 5. The molecule has 0 aliphatic carbocycles. The van der Waals surface area contributed by atoms with Crippen molar-refractivity contribution in [1.29, 1.82) is 0 Å². The zero-order valence-corrected chi connectivity index (χ0v) is 11.2. The molecule has 2 heterocycles. The van der Waals surface area contributed by atoms with E-state index in [1.807, 2.05) is 4.90 Å². The molecule has 1 aliphatic heterocycles. The number of hydrogen-bond donors (Lipinski definition) is 2. The van der Waals surface area contributed by atoms with Crippen LogP contribution in [0.5, 0.6) is 0 Å². The first kappa shape index (κ1) is 13.7. The molecule has 0 saturated carbocycles. The Balaban J connectivity index is 1.98. The molecule has 1 amide bonds. The van der Waals surface area contributed by atoms with Gasteiger partial charge in [0.2, 0.25) is 11.9 Å². The average Bonchev–Trinajstić information content (AvgIpc) is 2.46. The van der Waals surface area contributed by atoms with E-state index in [4.69, 9.17) is 0 Å². The highest BCUT2D eigenvalue weighted by Crippen LogP contribution is 2.27. The second kappa shape index (κ2) is 5.97. The fourth-order valence-electron chi connectivity index (χ4n) is 2.41. The number of amides is 1. The maximum absolute atomic E-state index is 11.3. The third kappa shape index (κ3) is 3.64. The number of nitrogens with one attached hydrogen (secondary N) is 1. The zero-order valence-electron chi connectivity index (χ0n) is 11.2. The molecule has 6 heteroatoms. The first-order valence-electron chi connectivity index (χ1n) is 6.58. The largest absolute Gasteiger partial charge is 0.388 e. The lowest BCUT2D eigenvalue weighted by atomic mass is 9.88. The summed E-state index contributed by atoms with van der Waals surface area (Å²) in [5, 5.41) is 13.1. The lowest BCUT2D eigenvalue weighted by molar-refractivity contribution is -0.122. The summed E-state index contributed by atoms with van der Waals surface area (Å²) in [6.07, 6.45) is 5.80. The molecular formula is C13H20N4O2. The molecule has 19 heavy (non-hydrogen) atoms. The molecule has 6 nitrogen and oxygen atoms in total. The summed E-state index contributed by atoms with van der Waals surface area (Å²) in [4.78, 5) is 21.7. The smallest absolute Gasteiger partial charge is 0.225 e. The van der Waals surface area contributed by atoms with Gasteiger partial charge in [-0.1, -0.05) is 0 Å². The van der Waals surface area contributed by atoms with Gasteiger partial charge in [-0.25, -0.2) is 9.97 Å². The SMILES string of the molecule is CNC(=O)CC[C@]1(O)CCCN(c2ncccn2)C1. The highest BCUT2D eigenvalue weighted by atomic mass is 16.3. The number of rotatable bonds is 4. The van der Waals surface area contributed by atoms with Crippen LogP contribution in [-0.2, 0) is 4.79 Å². The molecule has 104 valence electrons. The summed E-state index contributed by atoms with van der Waals surface area (Å²) in [7, 11) is 1.61. The van der Waals surface area contributed by atoms with E-state index in [1.165, 1.54) is 0 Å². The van der Waals surface area contributed by atoms with E-state index in [-0.39, 0.29) is 5.91 Å². The normalized spacial score (nSPS) is 23.2. The Labute approximate surface area is 112 Å². The highest BCUT2D eigenvalue weighted by Gasteiger charge is 2.34. The van der Waals surface area contributed by atoms with Crippen LogP contribution in [0.1, 0.15) is 25.7 Å². The van der Waals surface area contributed by atoms with Crippen molar-refractivity contribution in [3.63, 3.8) is 0 Å². The zero-order chi connectivity index (χ0) is 13.7. The molecule has 1 saturated heterocycles. The highest BCUT2D eigenvalue weighted by molar-refractivity contribution is 5.75. The van der Waals surface area contributed by atoms with Crippen LogP contribution < -0.4 is 10.2 Å². The van der Waals surface area contributed by atoms with Gasteiger partial charge in [-0.3, -0.25) is 4.79 Å². The molecule has 1 aromatic heterocycles. The van der Waals surface area contributed by atoms with Crippen LogP contribution in [0.4, 0.5) is 5.95 Å². The number of aromatic nitrogens is 2. The second-order valence-corrected chi connectivity index (χ2v) is 4.97. The van der Waals surface area contributed by atoms with Crippen molar-refractivity contribution in [3.05, 3.63) is 18.5 Å². The molecule has 2 rings (SSSR count). The standard InChI is InChI=1S/C13H20N4O2/c1-14-11(18)4-6-13(19)5-2-9-17(10-13)12-15-7-3-8-16-12/h3,7-8,19H,2,4-6,9-10H2,1H3,(H,14,18)/t13-/m1/s1. The molecule has 0 bridgehead atoms. The summed E-state index contributed by atoms with van der Waals surface area (Å²) in [5.41, 5.74) is -0.829. The Hall–Kier alpha value is -1.69. The Morgan fingerprint density at radius 1 is 1.53 bits per heavy atom. The Morgan fingerprint density at radius 3 is 2.95 bits per heavy atom. The maximum Gasteiger partial charge on any atom is 0.225 e. The van der Waals surface area contributed by atoms with Gasteiger partial charge in [0, 0.05) is 39.0 Å². The summed E-state index contributed by atoms with van der Waals surface area (Å²) in [6, 6.07) is 1.77. The van der Waals surface area contributed by atoms with Gasteiger partial charge < -0.3 is 15.3 Å². The fraction of sp³-hybridized carbons (Fsp3) is 0.615. The lowest BCUT2D eigenvalue weighted by Crippen LogP contribution is -2.49. The van der Waals surface area contributed by atoms with Gasteiger partial charge in [0.1, 0.15) is 0 Å². The summed E-state index contributed by atoms with van der Waals surface area (Å²) in [5.74, 6) is 0.599. The summed E-state index contributed by atoms with van der Waals surface area (Å²) < 4.78 is 0. The van der Waals surface area contributed by atoms with E-state index >= 15 is 0 Å². The van der Waals surface area contributed by atoms with Gasteiger partial charge in [0.05, 0.1) is 5.60 Å². The van der Waals surface area contributed by atoms with Crippen molar-refractivity contribution in [1.82, 2.24) is 15.3 Å². The van der Waals surface area contributed by atoms with Crippen LogP contribution in [0.3, 0.4) is 0 Å². The van der Waals surface area contributed by atoms with E-state index in [9.17, 15) is 9.90 Å². The molecule has 0 aromatic carbocycles. The molecule has 1 fully saturated rings. The average molecular weight is 264 g/mol. The minimum atomic E-state index is -0.829. The van der Waals surface area contributed by atoms with Gasteiger partial charge in [-0.05, 0) is 25.3 Å². The quantitative estimate of drug-likeness (QED) is 0.819. The van der Waals surface area contributed by atoms with E-state index in [2.05, 4.69) is 15.3 Å². The van der Waals surface area contributed by atoms with E-state index in [0.29, 0.717) is 31.8 Å². The van der Waals surface area contributed by atoms with Crippen molar-refractivity contribution < 1.29 is 9.90 Å². The molecule has 1 atom stereocenters. The summed E-state index contributed by atoms with van der Waals surface area (Å²) in [6.45, 7) is 1.32. The monoisotopic (exact) mass is 264 g/mol. The Morgan fingerprint density at radius 2 is 2.26 bits per heavy atom. The van der Waals surface area contributed by atoms with Crippen LogP contribution in [0.25, 0.3) is 0 Å². The van der Waals surface area contributed by atoms with Gasteiger partial charge >= 0.3 is 0 Å². The second-order valence-electron chi connectivity index (χ2n) is 4.97. The number of carbonyl (C=O) groups excluding carboxylic acids is 1. The minimum absolute atomic E-state index is 0.0403. The number of β-amino-alcohol motifs (C(OH)–C–C–N with tert-alkyl or cyclic N) is 1. The van der Waals surface area contributed by atoms with E-state index in [0.717, 1.165) is 13.0 Å². The lowest BCUT2D eigenvalue weighted by Gasteiger charge is -2.39. The molecule has 2 N–H and O–H groups in total. The van der Waals surface area contributed by atoms with Crippen LogP contribution in [0, 0.1) is 0 Å². The number of aliphatic hydroxyl groups is 1. The Kier molecular flexibility index (Phi) is 4.31. The van der Waals surface area contributed by atoms with Crippen LogP contribution in [-0.4, -0.2) is 46.7 Å². The number of piperidine rings is 1. The first-order chi connectivity index (χ1) is 9.13. The van der Waals surface area contributed by atoms with Crippen LogP contribution in [0.15, 0.2) is 18.5 Å². The van der Waals surface area contributed by atoms with Crippen molar-refractivity contribution in [2.75, 3.05) is 25.0 Å². The third-order valence-electron chi connectivity index (χ3n) is 3.49. The predicted octanol–water partition coefficient (Wildman–Crippen LogP) is 0.334. The van der Waals surface area contributed by atoms with Crippen molar-refractivity contribution in [3.8, 4) is 0 Å². The van der Waals surface area contributed by atoms with Crippen molar-refractivity contribution >= 4 is 11.9 Å². The third-order valence-corrected chi connectivity index (χ3v) is 3.49. The molecule has 0 spiro atoms. The van der Waals surface area contributed by atoms with Gasteiger partial charge in [0.15, 0.2) is 0 Å². The van der Waals surface area contributed by atoms with E-state index < -0.39 is 5.60 Å². The Bertz CT molecular complexity index is 426. The molecule has 1 aliphatic rings. The number of anilines is 1. The molecule has 0 radical (unpaired) electrons. The maximum atomic E-state index is 11.3. The molecule has 0 unspecified atom stereocenters. The van der Waals surface area contributed by atoms with Gasteiger partial charge in [-0.2, -0.15) is 0 Å². The van der Waals surface area contributed by atoms with E-state index in [1.54, 1.807) is 25.5 Å². The van der Waals surface area contributed by atoms with Crippen molar-refractivity contribution in [2.24, 2.45) is 0 Å². The summed E-state index contributed by atoms with van der Waals surface area (Å²) >= 11 is 0. The van der Waals surface area contributed by atoms with Crippen LogP contribution >= 0.6 is 0 Å². The molecule has 1 aromatic rings. The van der Waals surface area contributed by atoms with Gasteiger partial charge in [0.25, 0.3) is 0 Å². The minimum Gasteiger partial charge on any atom is -0.388 e. The van der Waals surface area contributed by atoms with Gasteiger partial charge in [-0.15, -0.1) is 0 Å². The number of carbonyl (C=O) groups is 1.